The van der Waals surface area contributed by atoms with Gasteiger partial charge in [0.25, 0.3) is 0 Å². The molecule has 0 spiro atoms. The summed E-state index contributed by atoms with van der Waals surface area (Å²) in [5.41, 5.74) is 12.5. The number of aryl methyl sites for hydroxylation is 3. The highest BCUT2D eigenvalue weighted by atomic mass is 16.5. The number of hydrogen-bond acceptors (Lipinski definition) is 4. The first kappa shape index (κ1) is 15.4. The van der Waals surface area contributed by atoms with E-state index >= 15 is 0 Å². The Morgan fingerprint density at radius 3 is 2.33 bits per heavy atom. The molecule has 0 aromatic carbocycles. The third kappa shape index (κ3) is 3.39. The minimum atomic E-state index is -0.0935. The lowest BCUT2D eigenvalue weighted by atomic mass is 9.99. The van der Waals surface area contributed by atoms with Crippen molar-refractivity contribution in [2.45, 2.75) is 40.2 Å². The zero-order valence-corrected chi connectivity index (χ0v) is 13.4. The molecular weight excluding hydrogens is 262 g/mol. The fourth-order valence-electron chi connectivity index (χ4n) is 2.68. The maximum atomic E-state index is 6.35. The maximum absolute atomic E-state index is 6.35. The summed E-state index contributed by atoms with van der Waals surface area (Å²) in [7, 11) is 1.69. The van der Waals surface area contributed by atoms with Crippen LogP contribution in [0.5, 0.6) is 5.75 Å². The SMILES string of the molecule is COc1c(C)cnc(CC(N)c2cc(C)nc(C)c2)c1C. The average molecular weight is 285 g/mol. The maximum Gasteiger partial charge on any atom is 0.128 e. The van der Waals surface area contributed by atoms with E-state index in [1.807, 2.05) is 46.0 Å². The van der Waals surface area contributed by atoms with Gasteiger partial charge in [0.05, 0.1) is 7.11 Å². The number of pyridine rings is 2. The van der Waals surface area contributed by atoms with Gasteiger partial charge in [0.2, 0.25) is 0 Å². The second kappa shape index (κ2) is 6.22. The second-order valence-corrected chi connectivity index (χ2v) is 5.54. The minimum Gasteiger partial charge on any atom is -0.496 e. The van der Waals surface area contributed by atoms with Gasteiger partial charge in [0.15, 0.2) is 0 Å². The van der Waals surface area contributed by atoms with Gasteiger partial charge >= 0.3 is 0 Å². The molecule has 0 saturated heterocycles. The molecule has 0 amide bonds. The minimum absolute atomic E-state index is 0.0935. The molecule has 2 heterocycles. The molecule has 2 aromatic rings. The summed E-state index contributed by atoms with van der Waals surface area (Å²) in [5, 5.41) is 0. The van der Waals surface area contributed by atoms with E-state index in [0.29, 0.717) is 6.42 Å². The largest absolute Gasteiger partial charge is 0.496 e. The van der Waals surface area contributed by atoms with Crippen molar-refractivity contribution in [3.8, 4) is 5.75 Å². The number of hydrogen-bond donors (Lipinski definition) is 1. The van der Waals surface area contributed by atoms with Crippen molar-refractivity contribution in [3.63, 3.8) is 0 Å². The summed E-state index contributed by atoms with van der Waals surface area (Å²) in [4.78, 5) is 8.91. The molecule has 4 heteroatoms. The van der Waals surface area contributed by atoms with E-state index in [1.54, 1.807) is 7.11 Å². The molecule has 2 aromatic heterocycles. The van der Waals surface area contributed by atoms with Gasteiger partial charge in [-0.2, -0.15) is 0 Å². The molecule has 0 aliphatic carbocycles. The average Bonchev–Trinajstić information content (AvgIpc) is 2.41. The Hall–Kier alpha value is -1.94. The third-order valence-corrected chi connectivity index (χ3v) is 3.70. The van der Waals surface area contributed by atoms with E-state index < -0.39 is 0 Å². The Labute approximate surface area is 126 Å². The quantitative estimate of drug-likeness (QED) is 0.938. The first-order valence-corrected chi connectivity index (χ1v) is 7.12. The van der Waals surface area contributed by atoms with Crippen LogP contribution in [-0.4, -0.2) is 17.1 Å². The number of ether oxygens (including phenoxy) is 1. The van der Waals surface area contributed by atoms with Gasteiger partial charge in [0.1, 0.15) is 5.75 Å². The number of methoxy groups -OCH3 is 1. The highest BCUT2D eigenvalue weighted by Gasteiger charge is 2.14. The van der Waals surface area contributed by atoms with Crippen LogP contribution in [0.1, 0.15) is 39.8 Å². The van der Waals surface area contributed by atoms with Crippen molar-refractivity contribution in [2.75, 3.05) is 7.11 Å². The molecule has 0 radical (unpaired) electrons. The number of nitrogens with zero attached hydrogens (tertiary/aromatic N) is 2. The van der Waals surface area contributed by atoms with E-state index in [-0.39, 0.29) is 6.04 Å². The van der Waals surface area contributed by atoms with Gasteiger partial charge in [-0.05, 0) is 45.4 Å². The van der Waals surface area contributed by atoms with Crippen molar-refractivity contribution < 1.29 is 4.74 Å². The lowest BCUT2D eigenvalue weighted by Gasteiger charge is -2.16. The van der Waals surface area contributed by atoms with E-state index in [4.69, 9.17) is 10.5 Å². The topological polar surface area (TPSA) is 61.0 Å². The van der Waals surface area contributed by atoms with Crippen LogP contribution in [0.2, 0.25) is 0 Å². The van der Waals surface area contributed by atoms with E-state index in [1.165, 1.54) is 0 Å². The molecule has 1 atom stereocenters. The van der Waals surface area contributed by atoms with Crippen LogP contribution in [0.3, 0.4) is 0 Å². The van der Waals surface area contributed by atoms with Crippen LogP contribution in [0.15, 0.2) is 18.3 Å². The van der Waals surface area contributed by atoms with E-state index in [0.717, 1.165) is 39.5 Å². The van der Waals surface area contributed by atoms with Crippen LogP contribution in [0, 0.1) is 27.7 Å². The summed E-state index contributed by atoms with van der Waals surface area (Å²) in [5.74, 6) is 0.897. The third-order valence-electron chi connectivity index (χ3n) is 3.70. The monoisotopic (exact) mass is 285 g/mol. The predicted molar refractivity (Wildman–Crippen MR) is 84.6 cm³/mol. The second-order valence-electron chi connectivity index (χ2n) is 5.54. The number of rotatable bonds is 4. The molecule has 0 saturated carbocycles. The van der Waals surface area contributed by atoms with Crippen molar-refractivity contribution >= 4 is 0 Å². The summed E-state index contributed by atoms with van der Waals surface area (Å²) in [6.45, 7) is 8.01. The highest BCUT2D eigenvalue weighted by molar-refractivity contribution is 5.41. The molecule has 21 heavy (non-hydrogen) atoms. The van der Waals surface area contributed by atoms with Gasteiger partial charge in [-0.1, -0.05) is 0 Å². The summed E-state index contributed by atoms with van der Waals surface area (Å²) in [6, 6.07) is 3.99. The van der Waals surface area contributed by atoms with Crippen LogP contribution in [-0.2, 0) is 6.42 Å². The van der Waals surface area contributed by atoms with Gasteiger partial charge in [-0.3, -0.25) is 9.97 Å². The normalized spacial score (nSPS) is 12.3. The summed E-state index contributed by atoms with van der Waals surface area (Å²) in [6.07, 6.45) is 2.53. The van der Waals surface area contributed by atoms with Crippen LogP contribution in [0.4, 0.5) is 0 Å². The molecule has 4 nitrogen and oxygen atoms in total. The molecule has 2 N–H and O–H groups in total. The van der Waals surface area contributed by atoms with Crippen molar-refractivity contribution in [2.24, 2.45) is 5.73 Å². The van der Waals surface area contributed by atoms with Gasteiger partial charge in [0, 0.05) is 46.9 Å². The standard InChI is InChI=1S/C17H23N3O/c1-10-9-19-16(13(4)17(10)21-5)8-15(18)14-6-11(2)20-12(3)7-14/h6-7,9,15H,8,18H2,1-5H3. The van der Waals surface area contributed by atoms with Crippen molar-refractivity contribution in [1.29, 1.82) is 0 Å². The van der Waals surface area contributed by atoms with Crippen molar-refractivity contribution in [3.05, 3.63) is 52.1 Å². The Morgan fingerprint density at radius 1 is 1.14 bits per heavy atom. The summed E-state index contributed by atoms with van der Waals surface area (Å²) < 4.78 is 5.45. The van der Waals surface area contributed by atoms with Gasteiger partial charge < -0.3 is 10.5 Å². The first-order valence-electron chi connectivity index (χ1n) is 7.12. The zero-order chi connectivity index (χ0) is 15.6. The van der Waals surface area contributed by atoms with E-state index in [9.17, 15) is 0 Å². The van der Waals surface area contributed by atoms with Gasteiger partial charge in [-0.25, -0.2) is 0 Å². The molecule has 2 rings (SSSR count). The highest BCUT2D eigenvalue weighted by Crippen LogP contribution is 2.26. The Balaban J connectivity index is 2.29. The summed E-state index contributed by atoms with van der Waals surface area (Å²) >= 11 is 0. The smallest absolute Gasteiger partial charge is 0.128 e. The first-order chi connectivity index (χ1) is 9.92. The predicted octanol–water partition coefficient (Wildman–Crippen LogP) is 2.96. The molecule has 0 fully saturated rings. The van der Waals surface area contributed by atoms with Crippen LogP contribution >= 0.6 is 0 Å². The Morgan fingerprint density at radius 2 is 1.76 bits per heavy atom. The lowest BCUT2D eigenvalue weighted by Crippen LogP contribution is -2.16. The molecule has 0 aliphatic rings. The number of aromatic nitrogens is 2. The fourth-order valence-corrected chi connectivity index (χ4v) is 2.68. The molecule has 112 valence electrons. The Kier molecular flexibility index (Phi) is 4.58. The van der Waals surface area contributed by atoms with E-state index in [2.05, 4.69) is 9.97 Å². The van der Waals surface area contributed by atoms with Crippen LogP contribution in [0.25, 0.3) is 0 Å². The molecule has 1 unspecified atom stereocenters. The molecule has 0 aliphatic heterocycles. The van der Waals surface area contributed by atoms with Crippen molar-refractivity contribution in [1.82, 2.24) is 9.97 Å². The zero-order valence-electron chi connectivity index (χ0n) is 13.4. The lowest BCUT2D eigenvalue weighted by molar-refractivity contribution is 0.406. The fraction of sp³-hybridized carbons (Fsp3) is 0.412. The Bertz CT molecular complexity index is 632. The number of nitrogens with two attached hydrogens (primary N) is 1. The molecular formula is C17H23N3O. The van der Waals surface area contributed by atoms with Crippen LogP contribution < -0.4 is 10.5 Å². The molecule has 0 bridgehead atoms. The van der Waals surface area contributed by atoms with Gasteiger partial charge in [-0.15, -0.1) is 0 Å².